The Labute approximate surface area is 74.2 Å². The van der Waals surface area contributed by atoms with E-state index >= 15 is 0 Å². The third kappa shape index (κ3) is 2.13. The van der Waals surface area contributed by atoms with E-state index in [2.05, 4.69) is 9.73 Å². The van der Waals surface area contributed by atoms with Gasteiger partial charge in [0.2, 0.25) is 0 Å². The van der Waals surface area contributed by atoms with E-state index in [1.165, 1.54) is 6.21 Å². The molecule has 0 fully saturated rings. The number of nitrogens with zero attached hydrogens (tertiary/aromatic N) is 2. The number of aliphatic imine (C=N–C) groups is 1. The molecule has 1 heterocycles. The second-order valence-electron chi connectivity index (χ2n) is 2.57. The molecule has 0 aliphatic carbocycles. The first kappa shape index (κ1) is 9.88. The molecule has 74 valence electrons. The second-order valence-corrected chi connectivity index (χ2v) is 2.57. The summed E-state index contributed by atoms with van der Waals surface area (Å²) in [6.45, 7) is 0.0223. The van der Waals surface area contributed by atoms with Crippen LogP contribution in [0.5, 0.6) is 0 Å². The molecule has 0 aromatic rings. The molecule has 1 rings (SSSR count). The van der Waals surface area contributed by atoms with Gasteiger partial charge in [-0.3, -0.25) is 9.89 Å². The maximum atomic E-state index is 12.3. The van der Waals surface area contributed by atoms with E-state index in [1.54, 1.807) is 0 Å². The third-order valence-electron chi connectivity index (χ3n) is 1.80. The summed E-state index contributed by atoms with van der Waals surface area (Å²) in [5.41, 5.74) is 0. The van der Waals surface area contributed by atoms with Gasteiger partial charge in [-0.25, -0.2) is 13.6 Å². The van der Waals surface area contributed by atoms with Gasteiger partial charge in [0, 0.05) is 6.21 Å². The molecule has 0 aromatic heterocycles. The van der Waals surface area contributed by atoms with Gasteiger partial charge in [0.15, 0.2) is 0 Å². The number of rotatable bonds is 1. The number of carbonyl (C=O) groups is 1. The Hall–Kier alpha value is -1.20. The largest absolute Gasteiger partial charge is 0.453 e. The highest BCUT2D eigenvalue weighted by Gasteiger charge is 2.32. The lowest BCUT2D eigenvalue weighted by molar-refractivity contribution is 0.0303. The van der Waals surface area contributed by atoms with Crippen LogP contribution in [0.15, 0.2) is 4.99 Å². The van der Waals surface area contributed by atoms with Crippen LogP contribution >= 0.6 is 0 Å². The van der Waals surface area contributed by atoms with Gasteiger partial charge in [-0.05, 0) is 0 Å². The van der Waals surface area contributed by atoms with Crippen LogP contribution in [0.2, 0.25) is 0 Å². The summed E-state index contributed by atoms with van der Waals surface area (Å²) < 4.78 is 29.0. The van der Waals surface area contributed by atoms with Crippen molar-refractivity contribution in [2.75, 3.05) is 20.2 Å². The van der Waals surface area contributed by atoms with Crippen LogP contribution < -0.4 is 0 Å². The van der Waals surface area contributed by atoms with Gasteiger partial charge in [-0.15, -0.1) is 0 Å². The van der Waals surface area contributed by atoms with Crippen LogP contribution in [0.25, 0.3) is 0 Å². The number of hydrogen-bond donors (Lipinski definition) is 0. The van der Waals surface area contributed by atoms with E-state index in [0.717, 1.165) is 12.0 Å². The van der Waals surface area contributed by atoms with Crippen LogP contribution in [0, 0.1) is 0 Å². The zero-order valence-corrected chi connectivity index (χ0v) is 7.11. The molecule has 0 aromatic carbocycles. The van der Waals surface area contributed by atoms with Crippen LogP contribution in [-0.4, -0.2) is 49.9 Å². The Morgan fingerprint density at radius 1 is 1.77 bits per heavy atom. The lowest BCUT2D eigenvalue weighted by atomic mass is 10.2. The topological polar surface area (TPSA) is 41.9 Å². The smallest absolute Gasteiger partial charge is 0.410 e. The van der Waals surface area contributed by atoms with Gasteiger partial charge >= 0.3 is 6.09 Å². The fourth-order valence-corrected chi connectivity index (χ4v) is 1.11. The van der Waals surface area contributed by atoms with Gasteiger partial charge < -0.3 is 4.74 Å². The number of hydrogen-bond acceptors (Lipinski definition) is 3. The van der Waals surface area contributed by atoms with E-state index in [1.807, 2.05) is 0 Å². The maximum Gasteiger partial charge on any atom is 0.410 e. The molecular weight excluding hydrogens is 182 g/mol. The standard InChI is InChI=1S/C7H10F2N2O2/c1-13-7(12)11-3-2-10-4-5(11)6(8)9/h2,5-6H,3-4H2,1H3. The summed E-state index contributed by atoms with van der Waals surface area (Å²) in [6, 6.07) is -1.16. The summed E-state index contributed by atoms with van der Waals surface area (Å²) in [7, 11) is 1.16. The van der Waals surface area contributed by atoms with Crippen molar-refractivity contribution in [3.8, 4) is 0 Å². The normalized spacial score (nSPS) is 22.2. The fourth-order valence-electron chi connectivity index (χ4n) is 1.11. The predicted octanol–water partition coefficient (Wildman–Crippen LogP) is 0.773. The Morgan fingerprint density at radius 2 is 2.46 bits per heavy atom. The van der Waals surface area contributed by atoms with E-state index in [4.69, 9.17) is 0 Å². The number of methoxy groups -OCH3 is 1. The first-order valence-corrected chi connectivity index (χ1v) is 3.78. The number of amides is 1. The van der Waals surface area contributed by atoms with Crippen LogP contribution in [0.1, 0.15) is 0 Å². The minimum atomic E-state index is -2.59. The van der Waals surface area contributed by atoms with Crippen molar-refractivity contribution in [2.24, 2.45) is 4.99 Å². The van der Waals surface area contributed by atoms with Crippen LogP contribution in [0.4, 0.5) is 13.6 Å². The quantitative estimate of drug-likeness (QED) is 0.615. The van der Waals surface area contributed by atoms with Crippen molar-refractivity contribution in [3.05, 3.63) is 0 Å². The first-order chi connectivity index (χ1) is 6.16. The van der Waals surface area contributed by atoms with Gasteiger partial charge in [0.25, 0.3) is 6.43 Å². The lowest BCUT2D eigenvalue weighted by Crippen LogP contribution is -2.49. The average molecular weight is 192 g/mol. The highest BCUT2D eigenvalue weighted by Crippen LogP contribution is 2.13. The molecule has 1 unspecified atom stereocenters. The highest BCUT2D eigenvalue weighted by molar-refractivity contribution is 5.74. The van der Waals surface area contributed by atoms with Crippen molar-refractivity contribution in [3.63, 3.8) is 0 Å². The van der Waals surface area contributed by atoms with E-state index < -0.39 is 18.6 Å². The molecule has 1 amide bonds. The van der Waals surface area contributed by atoms with Gasteiger partial charge in [0.05, 0.1) is 20.2 Å². The molecule has 0 spiro atoms. The summed E-state index contributed by atoms with van der Waals surface area (Å²) in [6.07, 6.45) is -1.90. The molecular formula is C7H10F2N2O2. The van der Waals surface area contributed by atoms with Crippen LogP contribution in [-0.2, 0) is 4.74 Å². The first-order valence-electron chi connectivity index (χ1n) is 3.78. The Morgan fingerprint density at radius 3 is 3.00 bits per heavy atom. The molecule has 0 radical (unpaired) electrons. The van der Waals surface area contributed by atoms with E-state index in [0.29, 0.717) is 0 Å². The van der Waals surface area contributed by atoms with Crippen molar-refractivity contribution < 1.29 is 18.3 Å². The molecule has 0 bridgehead atoms. The molecule has 0 saturated carbocycles. The van der Waals surface area contributed by atoms with Gasteiger partial charge in [0.1, 0.15) is 6.04 Å². The molecule has 6 heteroatoms. The average Bonchev–Trinajstić information content (AvgIpc) is 2.16. The number of alkyl halides is 2. The van der Waals surface area contributed by atoms with Crippen molar-refractivity contribution in [1.29, 1.82) is 0 Å². The summed E-state index contributed by atoms with van der Waals surface area (Å²) in [4.78, 5) is 15.7. The monoisotopic (exact) mass is 192 g/mol. The Bertz CT molecular complexity index is 221. The predicted molar refractivity (Wildman–Crippen MR) is 42.3 cm³/mol. The van der Waals surface area contributed by atoms with Gasteiger partial charge in [-0.1, -0.05) is 0 Å². The highest BCUT2D eigenvalue weighted by atomic mass is 19.3. The summed E-state index contributed by atoms with van der Waals surface area (Å²) in [5, 5.41) is 0. The third-order valence-corrected chi connectivity index (χ3v) is 1.80. The molecule has 1 aliphatic rings. The fraction of sp³-hybridized carbons (Fsp3) is 0.714. The minimum Gasteiger partial charge on any atom is -0.453 e. The van der Waals surface area contributed by atoms with Crippen molar-refractivity contribution >= 4 is 12.3 Å². The Kier molecular flexibility index (Phi) is 3.16. The number of carbonyl (C=O) groups excluding carboxylic acids is 1. The maximum absolute atomic E-state index is 12.3. The number of ether oxygens (including phenoxy) is 1. The molecule has 0 N–H and O–H groups in total. The zero-order valence-electron chi connectivity index (χ0n) is 7.11. The Balaban J connectivity index is 2.69. The van der Waals surface area contributed by atoms with Crippen LogP contribution in [0.3, 0.4) is 0 Å². The molecule has 1 aliphatic heterocycles. The second kappa shape index (κ2) is 4.15. The summed E-state index contributed by atoms with van der Waals surface area (Å²) >= 11 is 0. The lowest BCUT2D eigenvalue weighted by Gasteiger charge is -2.30. The molecule has 4 nitrogen and oxygen atoms in total. The molecule has 1 atom stereocenters. The van der Waals surface area contributed by atoms with E-state index in [-0.39, 0.29) is 13.1 Å². The van der Waals surface area contributed by atoms with Gasteiger partial charge in [-0.2, -0.15) is 0 Å². The number of halogens is 2. The molecule has 13 heavy (non-hydrogen) atoms. The summed E-state index contributed by atoms with van der Waals surface area (Å²) in [5.74, 6) is 0. The molecule has 0 saturated heterocycles. The van der Waals surface area contributed by atoms with Crippen molar-refractivity contribution in [2.45, 2.75) is 12.5 Å². The van der Waals surface area contributed by atoms with Crippen molar-refractivity contribution in [1.82, 2.24) is 4.90 Å². The minimum absolute atomic E-state index is 0.0627. The van der Waals surface area contributed by atoms with E-state index in [9.17, 15) is 13.6 Å². The zero-order chi connectivity index (χ0) is 9.84. The SMILES string of the molecule is COC(=O)N1CC=NCC1C(F)F.